The number of carbonyl (C=O) groups is 1. The third-order valence-corrected chi connectivity index (χ3v) is 4.43. The van der Waals surface area contributed by atoms with E-state index in [-0.39, 0.29) is 24.0 Å². The number of aromatic nitrogens is 2. The van der Waals surface area contributed by atoms with E-state index in [0.29, 0.717) is 13.0 Å². The molecule has 134 valence electrons. The highest BCUT2D eigenvalue weighted by Crippen LogP contribution is 2.18. The molecular weight excluding hydrogens is 323 g/mol. The first kappa shape index (κ1) is 17.4. The molecule has 1 saturated carbocycles. The Morgan fingerprint density at radius 1 is 1.20 bits per heavy atom. The monoisotopic (exact) mass is 346 g/mol. The molecule has 0 atom stereocenters. The molecule has 0 spiro atoms. The van der Waals surface area contributed by atoms with Crippen LogP contribution in [0.3, 0.4) is 0 Å². The molecule has 3 N–H and O–H groups in total. The van der Waals surface area contributed by atoms with Crippen molar-refractivity contribution in [1.82, 2.24) is 20.4 Å². The van der Waals surface area contributed by atoms with Crippen LogP contribution >= 0.6 is 0 Å². The maximum absolute atomic E-state index is 12.9. The van der Waals surface area contributed by atoms with Crippen LogP contribution in [0.2, 0.25) is 0 Å². The number of nitrogens with zero attached hydrogens (tertiary/aromatic N) is 2. The second-order valence-electron chi connectivity index (χ2n) is 6.38. The van der Waals surface area contributed by atoms with Gasteiger partial charge in [-0.2, -0.15) is 5.10 Å². The van der Waals surface area contributed by atoms with Gasteiger partial charge in [-0.3, -0.25) is 0 Å². The van der Waals surface area contributed by atoms with E-state index in [1.807, 2.05) is 12.3 Å². The number of nitrogens with one attached hydrogen (secondary N) is 2. The minimum absolute atomic E-state index is 0.140. The normalized spacial score (nSPS) is 20.2. The zero-order chi connectivity index (χ0) is 17.6. The van der Waals surface area contributed by atoms with Crippen LogP contribution < -0.4 is 10.6 Å². The lowest BCUT2D eigenvalue weighted by Crippen LogP contribution is -2.44. The van der Waals surface area contributed by atoms with Crippen molar-refractivity contribution in [2.45, 2.75) is 44.2 Å². The Kier molecular flexibility index (Phi) is 5.65. The number of hydrogen-bond donors (Lipinski definition) is 3. The average molecular weight is 346 g/mol. The van der Waals surface area contributed by atoms with E-state index in [2.05, 4.69) is 15.7 Å². The molecule has 0 aliphatic heterocycles. The number of urea groups is 1. The molecule has 1 aliphatic rings. The van der Waals surface area contributed by atoms with Crippen molar-refractivity contribution in [2.24, 2.45) is 0 Å². The van der Waals surface area contributed by atoms with Gasteiger partial charge >= 0.3 is 6.03 Å². The fourth-order valence-electron chi connectivity index (χ4n) is 2.99. The van der Waals surface area contributed by atoms with Gasteiger partial charge in [-0.1, -0.05) is 0 Å². The third kappa shape index (κ3) is 5.03. The van der Waals surface area contributed by atoms with Crippen molar-refractivity contribution in [2.75, 3.05) is 6.54 Å². The number of carbonyl (C=O) groups excluding carboxylic acids is 1. The summed E-state index contributed by atoms with van der Waals surface area (Å²) in [6.07, 6.45) is 5.32. The SMILES string of the molecule is O=C(NCCc1ccn(-c2ccc(F)cc2)n1)NC1CCC(O)CC1. The van der Waals surface area contributed by atoms with Crippen molar-refractivity contribution in [1.29, 1.82) is 0 Å². The fourth-order valence-corrected chi connectivity index (χ4v) is 2.99. The van der Waals surface area contributed by atoms with Gasteiger partial charge < -0.3 is 15.7 Å². The Balaban J connectivity index is 1.41. The van der Waals surface area contributed by atoms with E-state index in [1.165, 1.54) is 12.1 Å². The number of benzene rings is 1. The summed E-state index contributed by atoms with van der Waals surface area (Å²) in [5, 5.41) is 19.7. The molecule has 3 rings (SSSR count). The second kappa shape index (κ2) is 8.11. The van der Waals surface area contributed by atoms with Crippen LogP contribution in [0, 0.1) is 5.82 Å². The van der Waals surface area contributed by atoms with Gasteiger partial charge in [-0.15, -0.1) is 0 Å². The molecule has 0 saturated heterocycles. The van der Waals surface area contributed by atoms with E-state index in [4.69, 9.17) is 0 Å². The van der Waals surface area contributed by atoms with E-state index in [1.54, 1.807) is 16.8 Å². The topological polar surface area (TPSA) is 79.2 Å². The van der Waals surface area contributed by atoms with Gasteiger partial charge in [0.25, 0.3) is 0 Å². The second-order valence-corrected chi connectivity index (χ2v) is 6.38. The zero-order valence-corrected chi connectivity index (χ0v) is 14.0. The highest BCUT2D eigenvalue weighted by Gasteiger charge is 2.20. The van der Waals surface area contributed by atoms with Crippen molar-refractivity contribution in [3.8, 4) is 5.69 Å². The number of hydrogen-bond acceptors (Lipinski definition) is 3. The van der Waals surface area contributed by atoms with Crippen LogP contribution in [-0.4, -0.2) is 39.6 Å². The van der Waals surface area contributed by atoms with Crippen LogP contribution in [0.4, 0.5) is 9.18 Å². The van der Waals surface area contributed by atoms with E-state index >= 15 is 0 Å². The first-order valence-electron chi connectivity index (χ1n) is 8.63. The number of rotatable bonds is 5. The van der Waals surface area contributed by atoms with Crippen LogP contribution in [0.25, 0.3) is 5.69 Å². The Morgan fingerprint density at radius 2 is 1.92 bits per heavy atom. The summed E-state index contributed by atoms with van der Waals surface area (Å²) in [7, 11) is 0. The van der Waals surface area contributed by atoms with Gasteiger partial charge in [-0.05, 0) is 56.0 Å². The Hall–Kier alpha value is -2.41. The van der Waals surface area contributed by atoms with Crippen molar-refractivity contribution < 1.29 is 14.3 Å². The minimum atomic E-state index is -0.279. The van der Waals surface area contributed by atoms with Gasteiger partial charge in [0.1, 0.15) is 5.82 Å². The summed E-state index contributed by atoms with van der Waals surface area (Å²) < 4.78 is 14.6. The van der Waals surface area contributed by atoms with Gasteiger partial charge in [0.2, 0.25) is 0 Å². The molecule has 1 aromatic carbocycles. The quantitative estimate of drug-likeness (QED) is 0.776. The molecule has 1 aliphatic carbocycles. The molecule has 1 heterocycles. The van der Waals surface area contributed by atoms with E-state index in [0.717, 1.165) is 37.1 Å². The largest absolute Gasteiger partial charge is 0.393 e. The highest BCUT2D eigenvalue weighted by molar-refractivity contribution is 5.74. The third-order valence-electron chi connectivity index (χ3n) is 4.43. The van der Waals surface area contributed by atoms with Crippen LogP contribution in [-0.2, 0) is 6.42 Å². The van der Waals surface area contributed by atoms with Gasteiger partial charge in [0.15, 0.2) is 0 Å². The Bertz CT molecular complexity index is 693. The predicted octanol–water partition coefficient (Wildman–Crippen LogP) is 2.16. The molecule has 1 aromatic heterocycles. The summed E-state index contributed by atoms with van der Waals surface area (Å²) >= 11 is 0. The molecule has 0 radical (unpaired) electrons. The first-order chi connectivity index (χ1) is 12.1. The van der Waals surface area contributed by atoms with Crippen molar-refractivity contribution in [3.05, 3.63) is 48.0 Å². The molecule has 25 heavy (non-hydrogen) atoms. The van der Waals surface area contributed by atoms with Gasteiger partial charge in [-0.25, -0.2) is 13.9 Å². The average Bonchev–Trinajstić information content (AvgIpc) is 3.06. The molecule has 0 bridgehead atoms. The lowest BCUT2D eigenvalue weighted by Gasteiger charge is -2.26. The summed E-state index contributed by atoms with van der Waals surface area (Å²) in [5.74, 6) is -0.279. The van der Waals surface area contributed by atoms with Crippen LogP contribution in [0.1, 0.15) is 31.4 Å². The van der Waals surface area contributed by atoms with Crippen LogP contribution in [0.15, 0.2) is 36.5 Å². The molecular formula is C18H23FN4O2. The summed E-state index contributed by atoms with van der Waals surface area (Å²) in [6.45, 7) is 0.488. The van der Waals surface area contributed by atoms with Gasteiger partial charge in [0.05, 0.1) is 17.5 Å². The Labute approximate surface area is 146 Å². The highest BCUT2D eigenvalue weighted by atomic mass is 19.1. The summed E-state index contributed by atoms with van der Waals surface area (Å²) in [4.78, 5) is 11.9. The molecule has 0 unspecified atom stereocenters. The molecule has 7 heteroatoms. The lowest BCUT2D eigenvalue weighted by molar-refractivity contribution is 0.117. The number of aliphatic hydroxyl groups is 1. The summed E-state index contributed by atoms with van der Waals surface area (Å²) in [6, 6.07) is 7.96. The molecule has 2 amide bonds. The van der Waals surface area contributed by atoms with Crippen molar-refractivity contribution >= 4 is 6.03 Å². The number of amides is 2. The molecule has 1 fully saturated rings. The maximum Gasteiger partial charge on any atom is 0.315 e. The summed E-state index contributed by atoms with van der Waals surface area (Å²) in [5.41, 5.74) is 1.64. The van der Waals surface area contributed by atoms with Crippen LogP contribution in [0.5, 0.6) is 0 Å². The lowest BCUT2D eigenvalue weighted by atomic mass is 9.93. The maximum atomic E-state index is 12.9. The predicted molar refractivity (Wildman–Crippen MR) is 92.0 cm³/mol. The molecule has 2 aromatic rings. The fraction of sp³-hybridized carbons (Fsp3) is 0.444. The Morgan fingerprint density at radius 3 is 2.64 bits per heavy atom. The number of halogens is 1. The van der Waals surface area contributed by atoms with E-state index < -0.39 is 0 Å². The smallest absolute Gasteiger partial charge is 0.315 e. The number of aliphatic hydroxyl groups excluding tert-OH is 1. The zero-order valence-electron chi connectivity index (χ0n) is 14.0. The minimum Gasteiger partial charge on any atom is -0.393 e. The van der Waals surface area contributed by atoms with Gasteiger partial charge in [0, 0.05) is 25.2 Å². The standard InChI is InChI=1S/C18H23FN4O2/c19-13-1-5-16(6-2-13)23-12-10-15(22-23)9-11-20-18(25)21-14-3-7-17(24)8-4-14/h1-2,5-6,10,12,14,17,24H,3-4,7-9,11H2,(H2,20,21,25). The first-order valence-corrected chi connectivity index (χ1v) is 8.63. The van der Waals surface area contributed by atoms with Crippen molar-refractivity contribution in [3.63, 3.8) is 0 Å². The van der Waals surface area contributed by atoms with E-state index in [9.17, 15) is 14.3 Å². The molecule has 6 nitrogen and oxygen atoms in total.